The topological polar surface area (TPSA) is 89.8 Å². The van der Waals surface area contributed by atoms with Crippen LogP contribution in [0.2, 0.25) is 0 Å². The van der Waals surface area contributed by atoms with Gasteiger partial charge in [0.25, 0.3) is 5.56 Å². The van der Waals surface area contributed by atoms with Gasteiger partial charge < -0.3 is 5.32 Å². The van der Waals surface area contributed by atoms with Crippen LogP contribution in [0.25, 0.3) is 10.9 Å². The van der Waals surface area contributed by atoms with Crippen LogP contribution >= 0.6 is 11.3 Å². The van der Waals surface area contributed by atoms with Crippen LogP contribution < -0.4 is 10.9 Å². The molecule has 0 aliphatic rings. The predicted octanol–water partition coefficient (Wildman–Crippen LogP) is 2.87. The minimum absolute atomic E-state index is 0.0848. The van der Waals surface area contributed by atoms with Crippen molar-refractivity contribution in [1.82, 2.24) is 19.7 Å². The van der Waals surface area contributed by atoms with Crippen molar-refractivity contribution in [3.05, 3.63) is 46.0 Å². The fourth-order valence-electron chi connectivity index (χ4n) is 2.59. The van der Waals surface area contributed by atoms with E-state index in [1.165, 1.54) is 17.7 Å². The molecule has 0 unspecified atom stereocenters. The second kappa shape index (κ2) is 8.18. The van der Waals surface area contributed by atoms with Crippen molar-refractivity contribution >= 4 is 33.3 Å². The smallest absolute Gasteiger partial charge is 0.261 e. The molecule has 8 heteroatoms. The van der Waals surface area contributed by atoms with E-state index in [2.05, 4.69) is 34.3 Å². The minimum Gasteiger partial charge on any atom is -0.301 e. The number of aryl methyl sites for hydroxylation is 1. The molecule has 0 atom stereocenters. The highest BCUT2D eigenvalue weighted by molar-refractivity contribution is 7.15. The van der Waals surface area contributed by atoms with Gasteiger partial charge in [0, 0.05) is 19.4 Å². The molecule has 3 aromatic rings. The molecule has 0 aliphatic carbocycles. The zero-order valence-electron chi connectivity index (χ0n) is 14.8. The minimum atomic E-state index is -0.126. The molecule has 3 rings (SSSR count). The van der Waals surface area contributed by atoms with E-state index in [-0.39, 0.29) is 11.5 Å². The van der Waals surface area contributed by atoms with Crippen molar-refractivity contribution < 1.29 is 4.79 Å². The van der Waals surface area contributed by atoms with Gasteiger partial charge in [-0.1, -0.05) is 37.3 Å². The molecule has 136 valence electrons. The van der Waals surface area contributed by atoms with E-state index in [9.17, 15) is 9.59 Å². The number of fused-ring (bicyclic) bond motifs is 1. The van der Waals surface area contributed by atoms with E-state index in [1.54, 1.807) is 10.6 Å². The lowest BCUT2D eigenvalue weighted by atomic mass is 10.1. The number of anilines is 1. The zero-order chi connectivity index (χ0) is 18.5. The molecule has 2 aromatic heterocycles. The fraction of sp³-hybridized carbons (Fsp3) is 0.389. The third-order valence-corrected chi connectivity index (χ3v) is 4.69. The molecule has 26 heavy (non-hydrogen) atoms. The van der Waals surface area contributed by atoms with Crippen molar-refractivity contribution in [2.24, 2.45) is 5.92 Å². The molecule has 0 spiro atoms. The van der Waals surface area contributed by atoms with Gasteiger partial charge >= 0.3 is 0 Å². The number of hydrogen-bond acceptors (Lipinski definition) is 6. The van der Waals surface area contributed by atoms with Crippen LogP contribution in [0, 0.1) is 5.92 Å². The van der Waals surface area contributed by atoms with Crippen molar-refractivity contribution in [2.75, 3.05) is 5.32 Å². The molecule has 2 heterocycles. The van der Waals surface area contributed by atoms with Gasteiger partial charge in [-0.2, -0.15) is 0 Å². The van der Waals surface area contributed by atoms with Crippen LogP contribution in [0.4, 0.5) is 5.13 Å². The highest BCUT2D eigenvalue weighted by atomic mass is 32.1. The number of aromatic nitrogens is 4. The molecule has 0 aliphatic heterocycles. The number of benzene rings is 1. The van der Waals surface area contributed by atoms with Crippen LogP contribution in [0.15, 0.2) is 35.4 Å². The van der Waals surface area contributed by atoms with Gasteiger partial charge in [0.05, 0.1) is 17.2 Å². The maximum Gasteiger partial charge on any atom is 0.261 e. The van der Waals surface area contributed by atoms with Gasteiger partial charge in [-0.05, 0) is 24.5 Å². The van der Waals surface area contributed by atoms with Crippen LogP contribution in [0.1, 0.15) is 31.7 Å². The first kappa shape index (κ1) is 18.2. The van der Waals surface area contributed by atoms with E-state index in [1.807, 2.05) is 18.2 Å². The number of carbonyl (C=O) groups is 1. The molecule has 1 N–H and O–H groups in total. The Labute approximate surface area is 155 Å². The van der Waals surface area contributed by atoms with Crippen LogP contribution in [-0.4, -0.2) is 25.7 Å². The second-order valence-electron chi connectivity index (χ2n) is 6.51. The maximum absolute atomic E-state index is 12.4. The van der Waals surface area contributed by atoms with Gasteiger partial charge in [0.15, 0.2) is 0 Å². The first-order chi connectivity index (χ1) is 12.5. The highest BCUT2D eigenvalue weighted by Gasteiger charge is 2.10. The standard InChI is InChI=1S/C18H21N5O2S/c1-12(2)10-16-21-22-18(26-16)20-15(24)8-5-9-23-11-19-14-7-4-3-6-13(14)17(23)25/h3-4,6-7,11-12H,5,8-10H2,1-2H3,(H,20,22,24). The summed E-state index contributed by atoms with van der Waals surface area (Å²) in [6.45, 7) is 4.67. The monoisotopic (exact) mass is 371 g/mol. The lowest BCUT2D eigenvalue weighted by Gasteiger charge is -2.06. The van der Waals surface area contributed by atoms with Crippen LogP contribution in [-0.2, 0) is 17.8 Å². The molecule has 0 fully saturated rings. The Kier molecular flexibility index (Phi) is 5.72. The van der Waals surface area contributed by atoms with Gasteiger partial charge in [-0.15, -0.1) is 10.2 Å². The Balaban J connectivity index is 1.53. The zero-order valence-corrected chi connectivity index (χ0v) is 15.6. The van der Waals surface area contributed by atoms with Crippen molar-refractivity contribution in [2.45, 2.75) is 39.7 Å². The lowest BCUT2D eigenvalue weighted by molar-refractivity contribution is -0.116. The summed E-state index contributed by atoms with van der Waals surface area (Å²) in [6, 6.07) is 7.24. The number of nitrogens with zero attached hydrogens (tertiary/aromatic N) is 4. The van der Waals surface area contributed by atoms with E-state index in [4.69, 9.17) is 0 Å². The number of carbonyl (C=O) groups excluding carboxylic acids is 1. The predicted molar refractivity (Wildman–Crippen MR) is 102 cm³/mol. The molecule has 0 saturated heterocycles. The maximum atomic E-state index is 12.4. The normalized spacial score (nSPS) is 11.2. The van der Waals surface area contributed by atoms with E-state index >= 15 is 0 Å². The van der Waals surface area contributed by atoms with E-state index in [0.29, 0.717) is 41.3 Å². The quantitative estimate of drug-likeness (QED) is 0.690. The molecule has 0 bridgehead atoms. The molecule has 0 radical (unpaired) electrons. The summed E-state index contributed by atoms with van der Waals surface area (Å²) in [4.78, 5) is 28.7. The summed E-state index contributed by atoms with van der Waals surface area (Å²) in [5.41, 5.74) is 0.596. The Morgan fingerprint density at radius 3 is 2.88 bits per heavy atom. The van der Waals surface area contributed by atoms with Gasteiger partial charge in [0.1, 0.15) is 5.01 Å². The Morgan fingerprint density at radius 1 is 1.27 bits per heavy atom. The van der Waals surface area contributed by atoms with Crippen LogP contribution in [0.5, 0.6) is 0 Å². The molecular weight excluding hydrogens is 350 g/mol. The third kappa shape index (κ3) is 4.51. The summed E-state index contributed by atoms with van der Waals surface area (Å²) < 4.78 is 1.54. The van der Waals surface area contributed by atoms with Crippen molar-refractivity contribution in [1.29, 1.82) is 0 Å². The average molecular weight is 371 g/mol. The molecule has 1 aromatic carbocycles. The molecule has 1 amide bonds. The number of rotatable bonds is 7. The SMILES string of the molecule is CC(C)Cc1nnc(NC(=O)CCCn2cnc3ccccc3c2=O)s1. The highest BCUT2D eigenvalue weighted by Crippen LogP contribution is 2.18. The molecule has 0 saturated carbocycles. The molecular formula is C18H21N5O2S. The summed E-state index contributed by atoms with van der Waals surface area (Å²) in [5, 5.41) is 12.9. The second-order valence-corrected chi connectivity index (χ2v) is 7.57. The van der Waals surface area contributed by atoms with Crippen molar-refractivity contribution in [3.8, 4) is 0 Å². The summed E-state index contributed by atoms with van der Waals surface area (Å²) >= 11 is 1.40. The van der Waals surface area contributed by atoms with Gasteiger partial charge in [0.2, 0.25) is 11.0 Å². The summed E-state index contributed by atoms with van der Waals surface area (Å²) in [7, 11) is 0. The average Bonchev–Trinajstić information content (AvgIpc) is 3.03. The number of nitrogens with one attached hydrogen (secondary N) is 1. The van der Waals surface area contributed by atoms with E-state index in [0.717, 1.165) is 11.4 Å². The Bertz CT molecular complexity index is 963. The largest absolute Gasteiger partial charge is 0.301 e. The summed E-state index contributed by atoms with van der Waals surface area (Å²) in [5.74, 6) is 0.374. The Hall–Kier alpha value is -2.61. The third-order valence-electron chi connectivity index (χ3n) is 3.83. The first-order valence-corrected chi connectivity index (χ1v) is 9.41. The number of para-hydroxylation sites is 1. The number of amides is 1. The fourth-order valence-corrected chi connectivity index (χ4v) is 3.56. The lowest BCUT2D eigenvalue weighted by Crippen LogP contribution is -2.21. The Morgan fingerprint density at radius 2 is 2.08 bits per heavy atom. The number of hydrogen-bond donors (Lipinski definition) is 1. The van der Waals surface area contributed by atoms with Crippen molar-refractivity contribution in [3.63, 3.8) is 0 Å². The van der Waals surface area contributed by atoms with Crippen LogP contribution in [0.3, 0.4) is 0 Å². The van der Waals surface area contributed by atoms with E-state index < -0.39 is 0 Å². The first-order valence-electron chi connectivity index (χ1n) is 8.59. The van der Waals surface area contributed by atoms with Gasteiger partial charge in [-0.3, -0.25) is 14.2 Å². The van der Waals surface area contributed by atoms with Gasteiger partial charge in [-0.25, -0.2) is 4.98 Å². The molecule has 7 nitrogen and oxygen atoms in total. The summed E-state index contributed by atoms with van der Waals surface area (Å²) in [6.07, 6.45) is 3.23.